The second-order valence-corrected chi connectivity index (χ2v) is 7.62. The number of urea groups is 1. The molecule has 1 saturated heterocycles. The predicted octanol–water partition coefficient (Wildman–Crippen LogP) is 3.25. The van der Waals surface area contributed by atoms with Crippen LogP contribution in [0.25, 0.3) is 16.8 Å². The smallest absolute Gasteiger partial charge is 0.373 e. The number of nitrogens with one attached hydrogen (secondary N) is 1. The van der Waals surface area contributed by atoms with Crippen molar-refractivity contribution in [3.63, 3.8) is 0 Å². The van der Waals surface area contributed by atoms with Crippen LogP contribution in [0.4, 0.5) is 4.79 Å². The van der Waals surface area contributed by atoms with Gasteiger partial charge in [0, 0.05) is 5.56 Å². The third-order valence-corrected chi connectivity index (χ3v) is 5.38. The lowest BCUT2D eigenvalue weighted by Gasteiger charge is -2.16. The van der Waals surface area contributed by atoms with E-state index in [2.05, 4.69) is 10.1 Å². The van der Waals surface area contributed by atoms with Gasteiger partial charge in [0.15, 0.2) is 6.10 Å². The number of ether oxygens (including phenoxy) is 3. The summed E-state index contributed by atoms with van der Waals surface area (Å²) in [6, 6.07) is 13.2. The first-order valence-corrected chi connectivity index (χ1v) is 10.6. The van der Waals surface area contributed by atoms with Gasteiger partial charge in [-0.3, -0.25) is 9.69 Å². The van der Waals surface area contributed by atoms with Crippen LogP contribution in [0.3, 0.4) is 0 Å². The van der Waals surface area contributed by atoms with Gasteiger partial charge >= 0.3 is 18.0 Å². The van der Waals surface area contributed by atoms with Crippen molar-refractivity contribution in [3.05, 3.63) is 71.3 Å². The Hall–Kier alpha value is -4.60. The Morgan fingerprint density at radius 3 is 2.57 bits per heavy atom. The number of imide groups is 1. The molecule has 3 aromatic rings. The molecule has 0 bridgehead atoms. The van der Waals surface area contributed by atoms with E-state index in [1.807, 2.05) is 30.3 Å². The average Bonchev–Trinajstić information content (AvgIpc) is 3.44. The zero-order valence-electron chi connectivity index (χ0n) is 19.2. The van der Waals surface area contributed by atoms with Crippen molar-refractivity contribution in [3.8, 4) is 5.75 Å². The van der Waals surface area contributed by atoms with Crippen LogP contribution < -0.4 is 10.1 Å². The molecule has 1 aromatic heterocycles. The van der Waals surface area contributed by atoms with E-state index in [0.717, 1.165) is 15.7 Å². The summed E-state index contributed by atoms with van der Waals surface area (Å²) in [6.45, 7) is 1.37. The van der Waals surface area contributed by atoms with Gasteiger partial charge in [0.1, 0.15) is 17.2 Å². The highest BCUT2D eigenvalue weighted by atomic mass is 16.6. The first-order chi connectivity index (χ1) is 16.8. The fraction of sp³-hybridized carbons (Fsp3) is 0.200. The van der Waals surface area contributed by atoms with Gasteiger partial charge in [-0.2, -0.15) is 0 Å². The molecule has 180 valence electrons. The zero-order chi connectivity index (χ0) is 25.1. The molecule has 1 N–H and O–H groups in total. The van der Waals surface area contributed by atoms with Gasteiger partial charge in [-0.1, -0.05) is 30.3 Å². The third-order valence-electron chi connectivity index (χ3n) is 5.38. The van der Waals surface area contributed by atoms with Crippen molar-refractivity contribution in [1.29, 1.82) is 0 Å². The van der Waals surface area contributed by atoms with Gasteiger partial charge in [-0.05, 0) is 42.0 Å². The summed E-state index contributed by atoms with van der Waals surface area (Å²) >= 11 is 0. The molecule has 35 heavy (non-hydrogen) atoms. The predicted molar refractivity (Wildman–Crippen MR) is 123 cm³/mol. The van der Waals surface area contributed by atoms with Gasteiger partial charge in [-0.15, -0.1) is 0 Å². The van der Waals surface area contributed by atoms with E-state index < -0.39 is 30.0 Å². The van der Waals surface area contributed by atoms with Crippen molar-refractivity contribution < 1.29 is 37.8 Å². The van der Waals surface area contributed by atoms with Crippen molar-refractivity contribution >= 4 is 40.7 Å². The lowest BCUT2D eigenvalue weighted by Crippen LogP contribution is -2.30. The second-order valence-electron chi connectivity index (χ2n) is 7.62. The van der Waals surface area contributed by atoms with Crippen LogP contribution >= 0.6 is 0 Å². The SMILES string of the molecule is COC(=O)c1ccc(CN2C(=O)N/C(=C\c3c(O[C@@H](C)C(=O)OC)ccc4ccccc34)C2=O)o1. The van der Waals surface area contributed by atoms with E-state index in [1.165, 1.54) is 32.4 Å². The lowest BCUT2D eigenvalue weighted by molar-refractivity contribution is -0.147. The number of amides is 3. The molecule has 1 aliphatic rings. The summed E-state index contributed by atoms with van der Waals surface area (Å²) in [5.74, 6) is -1.29. The van der Waals surface area contributed by atoms with E-state index >= 15 is 0 Å². The minimum Gasteiger partial charge on any atom is -0.478 e. The molecular weight excluding hydrogens is 456 g/mol. The molecule has 0 radical (unpaired) electrons. The molecule has 10 nitrogen and oxygen atoms in total. The molecule has 0 spiro atoms. The standard InChI is InChI=1S/C25H22N2O8/c1-14(23(29)32-2)34-20-10-8-15-6-4-5-7-17(15)18(20)12-19-22(28)27(25(31)26-19)13-16-9-11-21(35-16)24(30)33-3/h4-12,14H,13H2,1-3H3,(H,26,31)/b19-12-/t14-/m0/s1. The summed E-state index contributed by atoms with van der Waals surface area (Å²) in [5, 5.41) is 4.19. The number of esters is 2. The van der Waals surface area contributed by atoms with Crippen LogP contribution in [0, 0.1) is 0 Å². The topological polar surface area (TPSA) is 124 Å². The molecule has 2 aromatic carbocycles. The Kier molecular flexibility index (Phi) is 6.54. The summed E-state index contributed by atoms with van der Waals surface area (Å²) < 4.78 is 20.5. The molecule has 1 fully saturated rings. The average molecular weight is 478 g/mol. The maximum absolute atomic E-state index is 13.1. The lowest BCUT2D eigenvalue weighted by atomic mass is 10.0. The van der Waals surface area contributed by atoms with Gasteiger partial charge in [0.25, 0.3) is 5.91 Å². The van der Waals surface area contributed by atoms with Gasteiger partial charge in [0.05, 0.1) is 20.8 Å². The van der Waals surface area contributed by atoms with Crippen LogP contribution in [0.15, 0.2) is 58.6 Å². The fourth-order valence-corrected chi connectivity index (χ4v) is 3.62. The molecular formula is C25H22N2O8. The second kappa shape index (κ2) is 9.72. The van der Waals surface area contributed by atoms with E-state index in [0.29, 0.717) is 11.3 Å². The number of rotatable bonds is 7. The molecule has 3 amide bonds. The molecule has 0 aliphatic carbocycles. The first kappa shape index (κ1) is 23.6. The number of methoxy groups -OCH3 is 2. The van der Waals surface area contributed by atoms with E-state index in [-0.39, 0.29) is 23.8 Å². The minimum absolute atomic E-state index is 0.0154. The molecule has 0 saturated carbocycles. The summed E-state index contributed by atoms with van der Waals surface area (Å²) in [4.78, 5) is 50.1. The summed E-state index contributed by atoms with van der Waals surface area (Å²) in [6.07, 6.45) is 0.607. The van der Waals surface area contributed by atoms with Crippen LogP contribution in [0.1, 0.15) is 28.8 Å². The Bertz CT molecular complexity index is 1360. The number of benzene rings is 2. The highest BCUT2D eigenvalue weighted by molar-refractivity contribution is 6.14. The van der Waals surface area contributed by atoms with E-state index in [9.17, 15) is 19.2 Å². The summed E-state index contributed by atoms with van der Waals surface area (Å²) in [7, 11) is 2.48. The molecule has 10 heteroatoms. The maximum Gasteiger partial charge on any atom is 0.373 e. The van der Waals surface area contributed by atoms with Crippen LogP contribution in [0.2, 0.25) is 0 Å². The molecule has 1 atom stereocenters. The highest BCUT2D eigenvalue weighted by Crippen LogP contribution is 2.32. The normalized spacial score (nSPS) is 15.3. The van der Waals surface area contributed by atoms with Crippen molar-refractivity contribution in [2.45, 2.75) is 19.6 Å². The van der Waals surface area contributed by atoms with E-state index in [4.69, 9.17) is 13.9 Å². The largest absolute Gasteiger partial charge is 0.478 e. The van der Waals surface area contributed by atoms with E-state index in [1.54, 1.807) is 13.0 Å². The zero-order valence-corrected chi connectivity index (χ0v) is 19.2. The van der Waals surface area contributed by atoms with Crippen molar-refractivity contribution in [1.82, 2.24) is 10.2 Å². The number of furan rings is 1. The summed E-state index contributed by atoms with van der Waals surface area (Å²) in [5.41, 5.74) is 0.525. The maximum atomic E-state index is 13.1. The Morgan fingerprint density at radius 2 is 1.83 bits per heavy atom. The molecule has 4 rings (SSSR count). The van der Waals surface area contributed by atoms with Gasteiger partial charge in [-0.25, -0.2) is 14.4 Å². The minimum atomic E-state index is -0.897. The van der Waals surface area contributed by atoms with Crippen LogP contribution in [0.5, 0.6) is 5.75 Å². The molecule has 1 aliphatic heterocycles. The Morgan fingerprint density at radius 1 is 1.06 bits per heavy atom. The quantitative estimate of drug-likeness (QED) is 0.312. The number of carbonyl (C=O) groups is 4. The third kappa shape index (κ3) is 4.72. The Labute approximate surface area is 200 Å². The molecule has 0 unspecified atom stereocenters. The first-order valence-electron chi connectivity index (χ1n) is 10.6. The van der Waals surface area contributed by atoms with Gasteiger partial charge < -0.3 is 23.9 Å². The highest BCUT2D eigenvalue weighted by Gasteiger charge is 2.35. The number of fused-ring (bicyclic) bond motifs is 1. The van der Waals surface area contributed by atoms with Crippen LogP contribution in [-0.2, 0) is 25.6 Å². The van der Waals surface area contributed by atoms with Crippen molar-refractivity contribution in [2.24, 2.45) is 0 Å². The number of hydrogen-bond acceptors (Lipinski definition) is 8. The van der Waals surface area contributed by atoms with Gasteiger partial charge in [0.2, 0.25) is 5.76 Å². The Balaban J connectivity index is 1.67. The number of hydrogen-bond donors (Lipinski definition) is 1. The number of carbonyl (C=O) groups excluding carboxylic acids is 4. The number of nitrogens with zero attached hydrogens (tertiary/aromatic N) is 1. The fourth-order valence-electron chi connectivity index (χ4n) is 3.62. The van der Waals surface area contributed by atoms with Crippen LogP contribution in [-0.4, -0.2) is 49.1 Å². The monoisotopic (exact) mass is 478 g/mol. The van der Waals surface area contributed by atoms with Crippen molar-refractivity contribution in [2.75, 3.05) is 14.2 Å². The molecule has 2 heterocycles.